The van der Waals surface area contributed by atoms with E-state index in [-0.39, 0.29) is 12.2 Å². The summed E-state index contributed by atoms with van der Waals surface area (Å²) in [4.78, 5) is 10.8. The molecule has 0 bridgehead atoms. The van der Waals surface area contributed by atoms with Gasteiger partial charge in [-0.25, -0.2) is 4.79 Å². The fourth-order valence-electron chi connectivity index (χ4n) is 1.53. The van der Waals surface area contributed by atoms with Crippen molar-refractivity contribution in [3.05, 3.63) is 28.2 Å². The lowest BCUT2D eigenvalue weighted by Gasteiger charge is -2.11. The highest BCUT2D eigenvalue weighted by Gasteiger charge is 2.21. The van der Waals surface area contributed by atoms with Crippen LogP contribution in [-0.4, -0.2) is 25.3 Å². The van der Waals surface area contributed by atoms with Crippen molar-refractivity contribution >= 4 is 27.7 Å². The first-order valence-corrected chi connectivity index (χ1v) is 5.89. The summed E-state index contributed by atoms with van der Waals surface area (Å²) in [6.07, 6.45) is -0.421. The Kier molecular flexibility index (Phi) is 3.33. The van der Waals surface area contributed by atoms with Crippen molar-refractivity contribution in [2.24, 2.45) is 0 Å². The number of anilines is 1. The van der Waals surface area contributed by atoms with Gasteiger partial charge in [-0.1, -0.05) is 15.9 Å². The Labute approximate surface area is 102 Å². The topological polar surface area (TPSA) is 50.4 Å². The molecule has 4 nitrogen and oxygen atoms in total. The number of halogens is 1. The molecule has 0 spiro atoms. The molecule has 1 fully saturated rings. The summed E-state index contributed by atoms with van der Waals surface area (Å²) in [5.74, 6) is 0. The number of alkyl carbamates (subject to hydrolysis) is 1. The molecule has 1 aromatic rings. The summed E-state index contributed by atoms with van der Waals surface area (Å²) in [7, 11) is 0. The molecule has 0 saturated carbocycles. The molecule has 0 radical (unpaired) electrons. The van der Waals surface area contributed by atoms with Crippen LogP contribution in [0.2, 0.25) is 0 Å². The standard InChI is InChI=1S/C11H13BrN2O2/c1-7-4-8(2-3-10(7)12)13-5-9-6-14-11(15)16-9/h2-4,9,13H,5-6H2,1H3,(H,14,15). The minimum absolute atomic E-state index is 0.0866. The number of ether oxygens (including phenoxy) is 1. The number of benzene rings is 1. The first-order valence-electron chi connectivity index (χ1n) is 5.09. The lowest BCUT2D eigenvalue weighted by molar-refractivity contribution is 0.145. The molecule has 0 aromatic heterocycles. The average Bonchev–Trinajstić information content (AvgIpc) is 2.66. The van der Waals surface area contributed by atoms with Crippen LogP contribution in [0.25, 0.3) is 0 Å². The van der Waals surface area contributed by atoms with Gasteiger partial charge in [-0.3, -0.25) is 0 Å². The first-order chi connectivity index (χ1) is 7.65. The van der Waals surface area contributed by atoms with Crippen LogP contribution in [-0.2, 0) is 4.74 Å². The summed E-state index contributed by atoms with van der Waals surface area (Å²) in [6, 6.07) is 6.03. The second-order valence-electron chi connectivity index (χ2n) is 3.75. The van der Waals surface area contributed by atoms with Gasteiger partial charge >= 0.3 is 6.09 Å². The van der Waals surface area contributed by atoms with E-state index in [0.29, 0.717) is 13.1 Å². The fraction of sp³-hybridized carbons (Fsp3) is 0.364. The highest BCUT2D eigenvalue weighted by molar-refractivity contribution is 9.10. The molecule has 2 N–H and O–H groups in total. The van der Waals surface area contributed by atoms with Crippen molar-refractivity contribution < 1.29 is 9.53 Å². The van der Waals surface area contributed by atoms with Crippen LogP contribution in [0.1, 0.15) is 5.56 Å². The lowest BCUT2D eigenvalue weighted by atomic mass is 10.2. The van der Waals surface area contributed by atoms with Crippen molar-refractivity contribution in [2.45, 2.75) is 13.0 Å². The monoisotopic (exact) mass is 284 g/mol. The van der Waals surface area contributed by atoms with Crippen LogP contribution in [0, 0.1) is 6.92 Å². The molecule has 1 amide bonds. The highest BCUT2D eigenvalue weighted by atomic mass is 79.9. The number of nitrogens with one attached hydrogen (secondary N) is 2. The molecular weight excluding hydrogens is 272 g/mol. The molecule has 0 aliphatic carbocycles. The summed E-state index contributed by atoms with van der Waals surface area (Å²) >= 11 is 3.45. The van der Waals surface area contributed by atoms with Gasteiger partial charge in [0.1, 0.15) is 6.10 Å². The first kappa shape index (κ1) is 11.3. The summed E-state index contributed by atoms with van der Waals surface area (Å²) < 4.78 is 6.11. The van der Waals surface area contributed by atoms with E-state index >= 15 is 0 Å². The van der Waals surface area contributed by atoms with E-state index < -0.39 is 0 Å². The van der Waals surface area contributed by atoms with Crippen LogP contribution in [0.3, 0.4) is 0 Å². The van der Waals surface area contributed by atoms with Crippen LogP contribution >= 0.6 is 15.9 Å². The number of hydrogen-bond donors (Lipinski definition) is 2. The number of amides is 1. The van der Waals surface area contributed by atoms with E-state index in [2.05, 4.69) is 26.6 Å². The van der Waals surface area contributed by atoms with E-state index in [0.717, 1.165) is 10.2 Å². The van der Waals surface area contributed by atoms with Crippen molar-refractivity contribution in [3.63, 3.8) is 0 Å². The Balaban J connectivity index is 1.89. The quantitative estimate of drug-likeness (QED) is 0.895. The molecule has 1 aromatic carbocycles. The van der Waals surface area contributed by atoms with Gasteiger partial charge in [0, 0.05) is 10.2 Å². The van der Waals surface area contributed by atoms with E-state index in [9.17, 15) is 4.79 Å². The van der Waals surface area contributed by atoms with Gasteiger partial charge < -0.3 is 15.4 Å². The summed E-state index contributed by atoms with van der Waals surface area (Å²) in [6.45, 7) is 3.23. The van der Waals surface area contributed by atoms with Gasteiger partial charge in [0.25, 0.3) is 0 Å². The minimum Gasteiger partial charge on any atom is -0.442 e. The molecule has 1 saturated heterocycles. The average molecular weight is 285 g/mol. The van der Waals surface area contributed by atoms with Crippen molar-refractivity contribution in [1.29, 1.82) is 0 Å². The van der Waals surface area contributed by atoms with Crippen molar-refractivity contribution in [1.82, 2.24) is 5.32 Å². The zero-order valence-electron chi connectivity index (χ0n) is 8.92. The molecule has 1 atom stereocenters. The number of aryl methyl sites for hydroxylation is 1. The van der Waals surface area contributed by atoms with Crippen LogP contribution < -0.4 is 10.6 Å². The van der Waals surface area contributed by atoms with Gasteiger partial charge in [-0.05, 0) is 30.7 Å². The largest absolute Gasteiger partial charge is 0.442 e. The highest BCUT2D eigenvalue weighted by Crippen LogP contribution is 2.20. The molecule has 16 heavy (non-hydrogen) atoms. The SMILES string of the molecule is Cc1cc(NCC2CNC(=O)O2)ccc1Br. The Morgan fingerprint density at radius 2 is 2.44 bits per heavy atom. The number of rotatable bonds is 3. The Hall–Kier alpha value is -1.23. The van der Waals surface area contributed by atoms with E-state index in [1.165, 1.54) is 5.56 Å². The maximum absolute atomic E-state index is 10.8. The minimum atomic E-state index is -0.334. The van der Waals surface area contributed by atoms with Gasteiger partial charge in [0.15, 0.2) is 0 Å². The Morgan fingerprint density at radius 3 is 3.06 bits per heavy atom. The zero-order valence-corrected chi connectivity index (χ0v) is 10.5. The second kappa shape index (κ2) is 4.74. The molecule has 5 heteroatoms. The maximum atomic E-state index is 10.8. The normalized spacial score (nSPS) is 19.1. The molecule has 2 rings (SSSR count). The zero-order chi connectivity index (χ0) is 11.5. The molecular formula is C11H13BrN2O2. The van der Waals surface area contributed by atoms with Crippen LogP contribution in [0.15, 0.2) is 22.7 Å². The van der Waals surface area contributed by atoms with E-state index in [1.807, 2.05) is 25.1 Å². The number of carbonyl (C=O) groups excluding carboxylic acids is 1. The third-order valence-corrected chi connectivity index (χ3v) is 3.33. The third kappa shape index (κ3) is 2.66. The van der Waals surface area contributed by atoms with Crippen molar-refractivity contribution in [2.75, 3.05) is 18.4 Å². The van der Waals surface area contributed by atoms with Gasteiger partial charge in [-0.2, -0.15) is 0 Å². The maximum Gasteiger partial charge on any atom is 0.407 e. The fourth-order valence-corrected chi connectivity index (χ4v) is 1.78. The van der Waals surface area contributed by atoms with Crippen LogP contribution in [0.4, 0.5) is 10.5 Å². The molecule has 1 heterocycles. The third-order valence-electron chi connectivity index (χ3n) is 2.44. The molecule has 1 unspecified atom stereocenters. The predicted molar refractivity (Wildman–Crippen MR) is 65.6 cm³/mol. The van der Waals surface area contributed by atoms with Crippen molar-refractivity contribution in [3.8, 4) is 0 Å². The molecule has 86 valence electrons. The van der Waals surface area contributed by atoms with Gasteiger partial charge in [0.2, 0.25) is 0 Å². The Bertz CT molecular complexity index is 409. The number of hydrogen-bond acceptors (Lipinski definition) is 3. The summed E-state index contributed by atoms with van der Waals surface area (Å²) in [5.41, 5.74) is 2.20. The van der Waals surface area contributed by atoms with Crippen LogP contribution in [0.5, 0.6) is 0 Å². The second-order valence-corrected chi connectivity index (χ2v) is 4.61. The smallest absolute Gasteiger partial charge is 0.407 e. The van der Waals surface area contributed by atoms with E-state index in [4.69, 9.17) is 4.74 Å². The lowest BCUT2D eigenvalue weighted by Crippen LogP contribution is -2.23. The summed E-state index contributed by atoms with van der Waals surface area (Å²) in [5, 5.41) is 5.85. The Morgan fingerprint density at radius 1 is 1.62 bits per heavy atom. The van der Waals surface area contributed by atoms with E-state index in [1.54, 1.807) is 0 Å². The van der Waals surface area contributed by atoms with Gasteiger partial charge in [-0.15, -0.1) is 0 Å². The molecule has 1 aliphatic rings. The molecule has 1 aliphatic heterocycles. The predicted octanol–water partition coefficient (Wildman–Crippen LogP) is 2.28. The number of carbonyl (C=O) groups is 1. The number of cyclic esters (lactones) is 1. The van der Waals surface area contributed by atoms with Gasteiger partial charge in [0.05, 0.1) is 13.1 Å².